The molecule has 0 heterocycles. The van der Waals surface area contributed by atoms with Crippen molar-refractivity contribution in [3.05, 3.63) is 12.2 Å². The van der Waals surface area contributed by atoms with Crippen molar-refractivity contribution < 1.29 is 10.2 Å². The first kappa shape index (κ1) is 23.4. The lowest BCUT2D eigenvalue weighted by atomic mass is 9.32. The van der Waals surface area contributed by atoms with Crippen LogP contribution in [0, 0.1) is 56.7 Å². The van der Waals surface area contributed by atoms with Crippen LogP contribution in [0.15, 0.2) is 12.2 Å². The second-order valence-corrected chi connectivity index (χ2v) is 14.7. The molecular formula is C30H50O2. The highest BCUT2D eigenvalue weighted by atomic mass is 16.3. The number of hydrogen-bond donors (Lipinski definition) is 2. The molecule has 5 fully saturated rings. The molecule has 2 heteroatoms. The summed E-state index contributed by atoms with van der Waals surface area (Å²) in [6, 6.07) is 0. The fourth-order valence-electron chi connectivity index (χ4n) is 11.5. The summed E-state index contributed by atoms with van der Waals surface area (Å²) >= 11 is 0. The maximum Gasteiger partial charge on any atom is 0.0641 e. The molecule has 32 heavy (non-hydrogen) atoms. The van der Waals surface area contributed by atoms with E-state index in [4.69, 9.17) is 0 Å². The normalized spacial score (nSPS) is 56.5. The highest BCUT2D eigenvalue weighted by molar-refractivity contribution is 5.21. The Morgan fingerprint density at radius 2 is 1.50 bits per heavy atom. The highest BCUT2D eigenvalue weighted by Crippen LogP contribution is 2.77. The molecule has 0 spiro atoms. The molecule has 0 aromatic heterocycles. The third-order valence-corrected chi connectivity index (χ3v) is 13.6. The standard InChI is InChI=1S/C30H50O2/c1-19(18-31)20-10-13-27(4)16-17-29(6)21(25(20)27)8-9-23-28(5)14-12-24(32)26(2,3)22(28)11-15-30(23,29)7/h20-25,31-32H,1,8-18H2,2-7H3/t20?,21-,22-,23+,24?,25+,27+,28-,29+,30+/m0/s1. The number of fused-ring (bicyclic) bond motifs is 7. The maximum atomic E-state index is 10.9. The summed E-state index contributed by atoms with van der Waals surface area (Å²) in [4.78, 5) is 0. The molecule has 0 aromatic carbocycles. The first-order chi connectivity index (χ1) is 14.8. The first-order valence-corrected chi connectivity index (χ1v) is 13.8. The van der Waals surface area contributed by atoms with Crippen molar-refractivity contribution in [2.24, 2.45) is 56.7 Å². The second-order valence-electron chi connectivity index (χ2n) is 14.7. The van der Waals surface area contributed by atoms with Crippen molar-refractivity contribution in [1.82, 2.24) is 0 Å². The van der Waals surface area contributed by atoms with Gasteiger partial charge in [-0.3, -0.25) is 0 Å². The van der Waals surface area contributed by atoms with Crippen molar-refractivity contribution in [2.75, 3.05) is 6.61 Å². The van der Waals surface area contributed by atoms with Gasteiger partial charge in [0.2, 0.25) is 0 Å². The number of aliphatic hydroxyl groups excluding tert-OH is 2. The second kappa shape index (κ2) is 7.09. The van der Waals surface area contributed by atoms with Crippen molar-refractivity contribution in [3.8, 4) is 0 Å². The SMILES string of the molecule is C=C(CO)C1CC[C@]2(C)CC[C@]3(C)[C@@H](CC[C@@H]4[C@@]5(C)CCC(O)C(C)(C)[C@@H]5CC[C@]43C)[C@@H]12. The lowest BCUT2D eigenvalue weighted by molar-refractivity contribution is -0.246. The lowest BCUT2D eigenvalue weighted by Gasteiger charge is -2.73. The monoisotopic (exact) mass is 442 g/mol. The summed E-state index contributed by atoms with van der Waals surface area (Å²) in [5.41, 5.74) is 2.70. The Kier molecular flexibility index (Phi) is 5.19. The fourth-order valence-corrected chi connectivity index (χ4v) is 11.5. The Hall–Kier alpha value is -0.340. The van der Waals surface area contributed by atoms with Crippen LogP contribution in [-0.4, -0.2) is 22.9 Å². The summed E-state index contributed by atoms with van der Waals surface area (Å²) in [5.74, 6) is 3.39. The molecule has 2 N–H and O–H groups in total. The topological polar surface area (TPSA) is 40.5 Å². The Balaban J connectivity index is 1.53. The molecule has 0 aliphatic heterocycles. The van der Waals surface area contributed by atoms with Gasteiger partial charge in [0.05, 0.1) is 12.7 Å². The van der Waals surface area contributed by atoms with Crippen LogP contribution >= 0.6 is 0 Å². The van der Waals surface area contributed by atoms with Crippen molar-refractivity contribution in [1.29, 1.82) is 0 Å². The van der Waals surface area contributed by atoms with Gasteiger partial charge in [-0.25, -0.2) is 0 Å². The molecular weight excluding hydrogens is 392 g/mol. The zero-order valence-corrected chi connectivity index (χ0v) is 21.8. The van der Waals surface area contributed by atoms with E-state index in [-0.39, 0.29) is 18.1 Å². The molecule has 5 saturated carbocycles. The molecule has 0 amide bonds. The predicted octanol–water partition coefficient (Wildman–Crippen LogP) is 7.00. The molecule has 10 atom stereocenters. The van der Waals surface area contributed by atoms with Gasteiger partial charge in [-0.05, 0) is 126 Å². The molecule has 2 unspecified atom stereocenters. The van der Waals surface area contributed by atoms with Gasteiger partial charge in [-0.2, -0.15) is 0 Å². The zero-order chi connectivity index (χ0) is 23.3. The minimum atomic E-state index is -0.143. The highest BCUT2D eigenvalue weighted by Gasteiger charge is 2.70. The van der Waals surface area contributed by atoms with E-state index in [1.165, 1.54) is 57.8 Å². The Morgan fingerprint density at radius 3 is 2.19 bits per heavy atom. The van der Waals surface area contributed by atoms with Crippen LogP contribution in [0.5, 0.6) is 0 Å². The molecule has 5 aliphatic rings. The van der Waals surface area contributed by atoms with E-state index in [9.17, 15) is 10.2 Å². The molecule has 5 aliphatic carbocycles. The van der Waals surface area contributed by atoms with Crippen LogP contribution in [0.3, 0.4) is 0 Å². The van der Waals surface area contributed by atoms with Gasteiger partial charge >= 0.3 is 0 Å². The van der Waals surface area contributed by atoms with Gasteiger partial charge in [0.1, 0.15) is 0 Å². The predicted molar refractivity (Wildman–Crippen MR) is 132 cm³/mol. The van der Waals surface area contributed by atoms with Crippen molar-refractivity contribution in [3.63, 3.8) is 0 Å². The minimum Gasteiger partial charge on any atom is -0.393 e. The summed E-state index contributed by atoms with van der Waals surface area (Å²) in [7, 11) is 0. The van der Waals surface area contributed by atoms with Crippen LogP contribution < -0.4 is 0 Å². The first-order valence-electron chi connectivity index (χ1n) is 13.8. The maximum absolute atomic E-state index is 10.9. The molecule has 0 saturated heterocycles. The van der Waals surface area contributed by atoms with Gasteiger partial charge in [-0.15, -0.1) is 0 Å². The summed E-state index contributed by atoms with van der Waals surface area (Å²) < 4.78 is 0. The summed E-state index contributed by atoms with van der Waals surface area (Å²) in [6.45, 7) is 19.8. The van der Waals surface area contributed by atoms with E-state index in [2.05, 4.69) is 48.1 Å². The van der Waals surface area contributed by atoms with E-state index in [1.807, 2.05) is 0 Å². The summed E-state index contributed by atoms with van der Waals surface area (Å²) in [5, 5.41) is 20.9. The average Bonchev–Trinajstić information content (AvgIpc) is 3.09. The largest absolute Gasteiger partial charge is 0.393 e. The van der Waals surface area contributed by atoms with Crippen molar-refractivity contribution >= 4 is 0 Å². The zero-order valence-electron chi connectivity index (χ0n) is 21.8. The third kappa shape index (κ3) is 2.72. The fraction of sp³-hybridized carbons (Fsp3) is 0.933. The number of rotatable bonds is 2. The quantitative estimate of drug-likeness (QED) is 0.452. The van der Waals surface area contributed by atoms with E-state index in [0.29, 0.717) is 39.4 Å². The van der Waals surface area contributed by atoms with E-state index < -0.39 is 0 Å². The molecule has 0 radical (unpaired) electrons. The van der Waals surface area contributed by atoms with Gasteiger partial charge in [-0.1, -0.05) is 48.1 Å². The molecule has 5 rings (SSSR count). The molecule has 2 nitrogen and oxygen atoms in total. The third-order valence-electron chi connectivity index (χ3n) is 13.6. The van der Waals surface area contributed by atoms with Crippen LogP contribution in [-0.2, 0) is 0 Å². The summed E-state index contributed by atoms with van der Waals surface area (Å²) in [6.07, 6.45) is 12.7. The van der Waals surface area contributed by atoms with Gasteiger partial charge in [0.25, 0.3) is 0 Å². The van der Waals surface area contributed by atoms with Crippen LogP contribution in [0.1, 0.15) is 106 Å². The van der Waals surface area contributed by atoms with Crippen LogP contribution in [0.4, 0.5) is 0 Å². The van der Waals surface area contributed by atoms with Crippen molar-refractivity contribution in [2.45, 2.75) is 112 Å². The van der Waals surface area contributed by atoms with E-state index in [0.717, 1.165) is 23.8 Å². The van der Waals surface area contributed by atoms with E-state index >= 15 is 0 Å². The molecule has 0 aromatic rings. The van der Waals surface area contributed by atoms with Gasteiger partial charge in [0.15, 0.2) is 0 Å². The minimum absolute atomic E-state index is 0.0344. The molecule has 0 bridgehead atoms. The van der Waals surface area contributed by atoms with Crippen LogP contribution in [0.25, 0.3) is 0 Å². The number of hydrogen-bond acceptors (Lipinski definition) is 2. The van der Waals surface area contributed by atoms with Gasteiger partial charge in [0, 0.05) is 0 Å². The lowest BCUT2D eigenvalue weighted by Crippen LogP contribution is -2.66. The Morgan fingerprint density at radius 1 is 0.781 bits per heavy atom. The number of aliphatic hydroxyl groups is 2. The molecule has 182 valence electrons. The van der Waals surface area contributed by atoms with E-state index in [1.54, 1.807) is 0 Å². The van der Waals surface area contributed by atoms with Gasteiger partial charge < -0.3 is 10.2 Å². The average molecular weight is 443 g/mol. The smallest absolute Gasteiger partial charge is 0.0641 e. The van der Waals surface area contributed by atoms with Crippen LogP contribution in [0.2, 0.25) is 0 Å². The Bertz CT molecular complexity index is 786. The Labute approximate surface area is 197 Å².